The average molecular weight is 420 g/mol. The van der Waals surface area contributed by atoms with Crippen molar-refractivity contribution < 1.29 is 4.74 Å². The van der Waals surface area contributed by atoms with E-state index in [1.807, 2.05) is 30.3 Å². The van der Waals surface area contributed by atoms with Crippen LogP contribution in [0.3, 0.4) is 0 Å². The van der Waals surface area contributed by atoms with Gasteiger partial charge in [0, 0.05) is 16.0 Å². The molecule has 1 nitrogen and oxygen atoms in total. The summed E-state index contributed by atoms with van der Waals surface area (Å²) in [7, 11) is 0. The largest absolute Gasteiger partial charge is 0.479 e. The highest BCUT2D eigenvalue weighted by atomic mass is 79.9. The van der Waals surface area contributed by atoms with Crippen LogP contribution in [0.1, 0.15) is 11.1 Å². The maximum Gasteiger partial charge on any atom is 0.173 e. The molecule has 5 rings (SSSR count). The fraction of sp³-hybridized carbons (Fsp3) is 0.200. The molecular weight excluding hydrogens is 407 g/mol. The Bertz CT molecular complexity index is 967. The van der Waals surface area contributed by atoms with Gasteiger partial charge < -0.3 is 4.74 Å². The lowest BCUT2D eigenvalue weighted by Gasteiger charge is -2.27. The minimum atomic E-state index is -0.916. The predicted octanol–water partition coefficient (Wildman–Crippen LogP) is 6.24. The summed E-state index contributed by atoms with van der Waals surface area (Å²) in [5, 5.41) is 2.43. The molecule has 0 bridgehead atoms. The first kappa shape index (κ1) is 15.1. The van der Waals surface area contributed by atoms with Crippen molar-refractivity contribution in [2.24, 2.45) is 5.92 Å². The Kier molecular flexibility index (Phi) is 3.08. The number of halogens is 3. The first-order valence-electron chi connectivity index (χ1n) is 7.87. The lowest BCUT2D eigenvalue weighted by atomic mass is 9.93. The molecule has 2 atom stereocenters. The molecule has 1 aliphatic carbocycles. The second-order valence-electron chi connectivity index (χ2n) is 6.49. The molecule has 1 aliphatic heterocycles. The number of benzene rings is 3. The highest BCUT2D eigenvalue weighted by molar-refractivity contribution is 9.10. The van der Waals surface area contributed by atoms with E-state index in [-0.39, 0.29) is 5.92 Å². The maximum absolute atomic E-state index is 6.71. The van der Waals surface area contributed by atoms with Crippen LogP contribution in [0.5, 0.6) is 5.75 Å². The number of hydrogen-bond acceptors (Lipinski definition) is 1. The maximum atomic E-state index is 6.71. The van der Waals surface area contributed by atoms with E-state index in [9.17, 15) is 0 Å². The van der Waals surface area contributed by atoms with Crippen molar-refractivity contribution in [1.82, 2.24) is 0 Å². The summed E-state index contributed by atoms with van der Waals surface area (Å²) in [4.78, 5) is 0. The molecule has 4 heteroatoms. The molecular formula is C20H13BrCl2O. The SMILES string of the molecule is ClC1(Cl)C2Cc3c(ccc4ccccc34)OC21c1ccc(Br)cc1. The molecule has 0 N–H and O–H groups in total. The van der Waals surface area contributed by atoms with E-state index < -0.39 is 9.93 Å². The molecule has 3 aromatic rings. The van der Waals surface area contributed by atoms with Crippen LogP contribution in [-0.2, 0) is 12.0 Å². The molecule has 0 radical (unpaired) electrons. The standard InChI is InChI=1S/C20H13BrCl2O/c21-14-8-6-13(7-9-14)19-18(20(19,22)23)11-16-15-4-2-1-3-12(15)5-10-17(16)24-19/h1-10,18H,11H2. The molecule has 1 heterocycles. The average Bonchev–Trinajstić information content (AvgIpc) is 3.09. The Morgan fingerprint density at radius 1 is 0.958 bits per heavy atom. The van der Waals surface area contributed by atoms with Crippen LogP contribution >= 0.6 is 39.1 Å². The van der Waals surface area contributed by atoms with Crippen molar-refractivity contribution >= 4 is 49.9 Å². The van der Waals surface area contributed by atoms with Gasteiger partial charge in [0.2, 0.25) is 0 Å². The third-order valence-corrected chi connectivity index (χ3v) is 6.91. The van der Waals surface area contributed by atoms with Gasteiger partial charge >= 0.3 is 0 Å². The smallest absolute Gasteiger partial charge is 0.173 e. The Labute approximate surface area is 158 Å². The molecule has 1 saturated carbocycles. The van der Waals surface area contributed by atoms with Crippen LogP contribution in [0.25, 0.3) is 10.8 Å². The minimum absolute atomic E-state index is 0.0489. The zero-order valence-electron chi connectivity index (χ0n) is 12.6. The van der Waals surface area contributed by atoms with Gasteiger partial charge in [-0.15, -0.1) is 0 Å². The summed E-state index contributed by atoms with van der Waals surface area (Å²) in [6, 6.07) is 20.6. The highest BCUT2D eigenvalue weighted by Gasteiger charge is 2.80. The Morgan fingerprint density at radius 2 is 1.71 bits per heavy atom. The summed E-state index contributed by atoms with van der Waals surface area (Å²) in [6.07, 6.45) is 0.819. The molecule has 24 heavy (non-hydrogen) atoms. The number of hydrogen-bond donors (Lipinski definition) is 0. The first-order valence-corrected chi connectivity index (χ1v) is 9.42. The molecule has 2 aliphatic rings. The molecule has 3 aromatic carbocycles. The Balaban J connectivity index is 1.68. The molecule has 1 fully saturated rings. The van der Waals surface area contributed by atoms with Crippen LogP contribution in [0.2, 0.25) is 0 Å². The van der Waals surface area contributed by atoms with Gasteiger partial charge in [0.1, 0.15) is 5.75 Å². The van der Waals surface area contributed by atoms with Gasteiger partial charge in [-0.25, -0.2) is 0 Å². The summed E-state index contributed by atoms with van der Waals surface area (Å²) in [5.74, 6) is 0.934. The van der Waals surface area contributed by atoms with Crippen molar-refractivity contribution in [1.29, 1.82) is 0 Å². The Morgan fingerprint density at radius 3 is 2.50 bits per heavy atom. The summed E-state index contributed by atoms with van der Waals surface area (Å²) < 4.78 is 6.57. The van der Waals surface area contributed by atoms with Crippen molar-refractivity contribution in [3.05, 3.63) is 76.3 Å². The van der Waals surface area contributed by atoms with Crippen LogP contribution in [0, 0.1) is 5.92 Å². The summed E-state index contributed by atoms with van der Waals surface area (Å²) in [6.45, 7) is 0. The lowest BCUT2D eigenvalue weighted by Crippen LogP contribution is -2.26. The van der Waals surface area contributed by atoms with Crippen LogP contribution in [0.4, 0.5) is 0 Å². The Hall–Kier alpha value is -1.22. The van der Waals surface area contributed by atoms with E-state index in [2.05, 4.69) is 46.3 Å². The van der Waals surface area contributed by atoms with Gasteiger partial charge in [0.05, 0.1) is 0 Å². The van der Waals surface area contributed by atoms with Crippen LogP contribution in [0.15, 0.2) is 65.1 Å². The predicted molar refractivity (Wildman–Crippen MR) is 102 cm³/mol. The highest BCUT2D eigenvalue weighted by Crippen LogP contribution is 2.73. The monoisotopic (exact) mass is 418 g/mol. The second-order valence-corrected chi connectivity index (χ2v) is 8.79. The van der Waals surface area contributed by atoms with Crippen LogP contribution < -0.4 is 4.74 Å². The van der Waals surface area contributed by atoms with E-state index in [4.69, 9.17) is 27.9 Å². The van der Waals surface area contributed by atoms with Crippen molar-refractivity contribution in [3.8, 4) is 5.75 Å². The number of alkyl halides is 2. The quantitative estimate of drug-likeness (QED) is 0.424. The van der Waals surface area contributed by atoms with Crippen LogP contribution in [-0.4, -0.2) is 4.33 Å². The molecule has 0 spiro atoms. The molecule has 0 amide bonds. The van der Waals surface area contributed by atoms with E-state index in [0.29, 0.717) is 0 Å². The van der Waals surface area contributed by atoms with E-state index >= 15 is 0 Å². The summed E-state index contributed by atoms with van der Waals surface area (Å²) >= 11 is 16.9. The zero-order valence-corrected chi connectivity index (χ0v) is 15.7. The van der Waals surface area contributed by atoms with E-state index in [1.165, 1.54) is 16.3 Å². The molecule has 0 saturated heterocycles. The van der Waals surface area contributed by atoms with Gasteiger partial charge in [-0.05, 0) is 41.0 Å². The van der Waals surface area contributed by atoms with Gasteiger partial charge in [0.15, 0.2) is 9.93 Å². The number of ether oxygens (including phenoxy) is 1. The van der Waals surface area contributed by atoms with E-state index in [1.54, 1.807) is 0 Å². The fourth-order valence-electron chi connectivity index (χ4n) is 4.01. The third-order valence-electron chi connectivity index (χ3n) is 5.29. The normalized spacial score (nSPS) is 26.4. The van der Waals surface area contributed by atoms with Gasteiger partial charge in [-0.2, -0.15) is 0 Å². The molecule has 2 unspecified atom stereocenters. The van der Waals surface area contributed by atoms with Crippen molar-refractivity contribution in [3.63, 3.8) is 0 Å². The molecule has 0 aromatic heterocycles. The first-order chi connectivity index (χ1) is 11.5. The van der Waals surface area contributed by atoms with Crippen molar-refractivity contribution in [2.75, 3.05) is 0 Å². The second kappa shape index (κ2) is 4.91. The minimum Gasteiger partial charge on any atom is -0.479 e. The number of fused-ring (bicyclic) bond motifs is 4. The number of rotatable bonds is 1. The fourth-order valence-corrected chi connectivity index (χ4v) is 5.18. The zero-order chi connectivity index (χ0) is 16.5. The van der Waals surface area contributed by atoms with Crippen molar-refractivity contribution in [2.45, 2.75) is 16.4 Å². The topological polar surface area (TPSA) is 9.23 Å². The third kappa shape index (κ3) is 1.82. The summed E-state index contributed by atoms with van der Waals surface area (Å²) in [5.41, 5.74) is 1.57. The van der Waals surface area contributed by atoms with Gasteiger partial charge in [-0.3, -0.25) is 0 Å². The van der Waals surface area contributed by atoms with Gasteiger partial charge in [0.25, 0.3) is 0 Å². The lowest BCUT2D eigenvalue weighted by molar-refractivity contribution is 0.144. The van der Waals surface area contributed by atoms with E-state index in [0.717, 1.165) is 22.2 Å². The molecule has 120 valence electrons. The van der Waals surface area contributed by atoms with Gasteiger partial charge in [-0.1, -0.05) is 81.6 Å².